The van der Waals surface area contributed by atoms with Gasteiger partial charge in [-0.2, -0.15) is 5.10 Å². The smallest absolute Gasteiger partial charge is 0.254 e. The minimum absolute atomic E-state index is 0.0292. The Hall–Kier alpha value is -2.21. The molecule has 2 heterocycles. The van der Waals surface area contributed by atoms with Gasteiger partial charge in [0.2, 0.25) is 0 Å². The summed E-state index contributed by atoms with van der Waals surface area (Å²) >= 11 is 0. The third-order valence-electron chi connectivity index (χ3n) is 3.82. The minimum Gasteiger partial charge on any atom is -0.383 e. The topological polar surface area (TPSA) is 71.1 Å². The molecule has 1 N–H and O–H groups in total. The molecule has 3 rings (SSSR count). The quantitative estimate of drug-likeness (QED) is 0.929. The van der Waals surface area contributed by atoms with Gasteiger partial charge in [-0.15, -0.1) is 0 Å². The molecule has 1 aliphatic heterocycles. The Bertz CT molecular complexity index is 612. The Morgan fingerprint density at radius 3 is 3.10 bits per heavy atom. The summed E-state index contributed by atoms with van der Waals surface area (Å²) in [5.74, 6) is 0.642. The summed E-state index contributed by atoms with van der Waals surface area (Å²) in [5.41, 5.74) is 1.43. The van der Waals surface area contributed by atoms with Gasteiger partial charge in [0, 0.05) is 19.2 Å². The maximum Gasteiger partial charge on any atom is 0.254 e. The predicted molar refractivity (Wildman–Crippen MR) is 77.8 cm³/mol. The van der Waals surface area contributed by atoms with Crippen molar-refractivity contribution in [2.24, 2.45) is 0 Å². The van der Waals surface area contributed by atoms with Crippen LogP contribution < -0.4 is 0 Å². The van der Waals surface area contributed by atoms with Crippen LogP contribution in [-0.2, 0) is 4.74 Å². The van der Waals surface area contributed by atoms with Crippen molar-refractivity contribution in [1.29, 1.82) is 0 Å². The summed E-state index contributed by atoms with van der Waals surface area (Å²) in [5, 5.41) is 6.68. The summed E-state index contributed by atoms with van der Waals surface area (Å²) < 4.78 is 5.22. The van der Waals surface area contributed by atoms with E-state index in [1.165, 1.54) is 6.33 Å². The molecule has 6 nitrogen and oxygen atoms in total. The van der Waals surface area contributed by atoms with E-state index in [2.05, 4.69) is 15.2 Å². The zero-order chi connectivity index (χ0) is 14.7. The van der Waals surface area contributed by atoms with E-state index in [0.29, 0.717) is 18.0 Å². The fourth-order valence-electron chi connectivity index (χ4n) is 2.83. The van der Waals surface area contributed by atoms with Gasteiger partial charge in [-0.1, -0.05) is 18.2 Å². The Morgan fingerprint density at radius 2 is 2.33 bits per heavy atom. The van der Waals surface area contributed by atoms with Crippen LogP contribution in [0.5, 0.6) is 0 Å². The minimum atomic E-state index is 0.0292. The van der Waals surface area contributed by atoms with Gasteiger partial charge in [-0.3, -0.25) is 9.89 Å². The van der Waals surface area contributed by atoms with E-state index >= 15 is 0 Å². The van der Waals surface area contributed by atoms with Crippen LogP contribution in [-0.4, -0.2) is 52.3 Å². The maximum absolute atomic E-state index is 12.9. The van der Waals surface area contributed by atoms with Gasteiger partial charge in [0.25, 0.3) is 5.91 Å². The number of hydrogen-bond acceptors (Lipinski definition) is 4. The number of nitrogens with one attached hydrogen (secondary N) is 1. The van der Waals surface area contributed by atoms with E-state index in [0.717, 1.165) is 24.9 Å². The van der Waals surface area contributed by atoms with Gasteiger partial charge in [0.15, 0.2) is 5.82 Å². The van der Waals surface area contributed by atoms with Crippen LogP contribution in [0, 0.1) is 0 Å². The van der Waals surface area contributed by atoms with E-state index in [4.69, 9.17) is 4.74 Å². The fourth-order valence-corrected chi connectivity index (χ4v) is 2.83. The van der Waals surface area contributed by atoms with Crippen LogP contribution in [0.25, 0.3) is 11.4 Å². The number of amides is 1. The fraction of sp³-hybridized carbons (Fsp3) is 0.400. The molecule has 1 aromatic heterocycles. The Kier molecular flexibility index (Phi) is 3.96. The van der Waals surface area contributed by atoms with Crippen LogP contribution in [0.3, 0.4) is 0 Å². The highest BCUT2D eigenvalue weighted by molar-refractivity contribution is 6.00. The van der Waals surface area contributed by atoms with E-state index in [1.54, 1.807) is 7.11 Å². The number of benzene rings is 1. The molecule has 2 aromatic rings. The third kappa shape index (κ3) is 2.67. The van der Waals surface area contributed by atoms with E-state index in [9.17, 15) is 4.79 Å². The molecule has 1 aliphatic rings. The highest BCUT2D eigenvalue weighted by Gasteiger charge is 2.30. The monoisotopic (exact) mass is 286 g/mol. The first kappa shape index (κ1) is 13.8. The second kappa shape index (κ2) is 6.05. The number of methoxy groups -OCH3 is 1. The number of H-pyrrole nitrogens is 1. The number of aromatic amines is 1. The number of carbonyl (C=O) groups is 1. The standard InChI is InChI=1S/C15H18N4O2/c1-21-9-11-5-4-8-19(11)15(20)13-7-3-2-6-12(13)14-16-10-17-18-14/h2-3,6-7,10-11H,4-5,8-9H2,1H3,(H,16,17,18)/t11-/m1/s1. The van der Waals surface area contributed by atoms with Gasteiger partial charge in [-0.25, -0.2) is 4.98 Å². The molecule has 1 fully saturated rings. The number of rotatable bonds is 4. The third-order valence-corrected chi connectivity index (χ3v) is 3.82. The SMILES string of the molecule is COC[C@H]1CCCN1C(=O)c1ccccc1-c1ncn[nH]1. The second-order valence-corrected chi connectivity index (χ2v) is 5.13. The van der Waals surface area contributed by atoms with E-state index < -0.39 is 0 Å². The average Bonchev–Trinajstić information content (AvgIpc) is 3.18. The summed E-state index contributed by atoms with van der Waals surface area (Å²) in [6.45, 7) is 1.35. The molecular formula is C15H18N4O2. The highest BCUT2D eigenvalue weighted by atomic mass is 16.5. The van der Waals surface area contributed by atoms with Crippen molar-refractivity contribution in [2.45, 2.75) is 18.9 Å². The molecule has 0 radical (unpaired) electrons. The van der Waals surface area contributed by atoms with Crippen molar-refractivity contribution in [3.8, 4) is 11.4 Å². The lowest BCUT2D eigenvalue weighted by molar-refractivity contribution is 0.0631. The summed E-state index contributed by atoms with van der Waals surface area (Å²) in [4.78, 5) is 18.9. The number of hydrogen-bond donors (Lipinski definition) is 1. The van der Waals surface area contributed by atoms with E-state index in [1.807, 2.05) is 29.2 Å². The molecule has 1 atom stereocenters. The van der Waals surface area contributed by atoms with Crippen molar-refractivity contribution in [2.75, 3.05) is 20.3 Å². The number of aromatic nitrogens is 3. The normalized spacial score (nSPS) is 18.1. The largest absolute Gasteiger partial charge is 0.383 e. The van der Waals surface area contributed by atoms with Gasteiger partial charge < -0.3 is 9.64 Å². The Morgan fingerprint density at radius 1 is 1.48 bits per heavy atom. The molecule has 110 valence electrons. The molecule has 1 aromatic carbocycles. The number of nitrogens with zero attached hydrogens (tertiary/aromatic N) is 3. The molecule has 0 saturated carbocycles. The molecule has 0 unspecified atom stereocenters. The maximum atomic E-state index is 12.9. The second-order valence-electron chi connectivity index (χ2n) is 5.13. The lowest BCUT2D eigenvalue weighted by Crippen LogP contribution is -2.38. The van der Waals surface area contributed by atoms with Crippen LogP contribution in [0.1, 0.15) is 23.2 Å². The van der Waals surface area contributed by atoms with Crippen molar-refractivity contribution in [3.63, 3.8) is 0 Å². The van der Waals surface area contributed by atoms with Gasteiger partial charge >= 0.3 is 0 Å². The van der Waals surface area contributed by atoms with Gasteiger partial charge in [-0.05, 0) is 18.9 Å². The van der Waals surface area contributed by atoms with Gasteiger partial charge in [0.05, 0.1) is 18.2 Å². The molecule has 0 spiro atoms. The van der Waals surface area contributed by atoms with Crippen LogP contribution in [0.2, 0.25) is 0 Å². The molecule has 0 aliphatic carbocycles. The molecule has 6 heteroatoms. The molecular weight excluding hydrogens is 268 g/mol. The number of ether oxygens (including phenoxy) is 1. The number of likely N-dealkylation sites (tertiary alicyclic amines) is 1. The zero-order valence-corrected chi connectivity index (χ0v) is 12.0. The summed E-state index contributed by atoms with van der Waals surface area (Å²) in [6, 6.07) is 7.64. The van der Waals surface area contributed by atoms with Crippen LogP contribution in [0.4, 0.5) is 0 Å². The molecule has 0 bridgehead atoms. The summed E-state index contributed by atoms with van der Waals surface area (Å²) in [7, 11) is 1.67. The summed E-state index contributed by atoms with van der Waals surface area (Å²) in [6.07, 6.45) is 3.45. The first-order valence-corrected chi connectivity index (χ1v) is 7.06. The van der Waals surface area contributed by atoms with Crippen molar-refractivity contribution in [1.82, 2.24) is 20.1 Å². The van der Waals surface area contributed by atoms with Crippen molar-refractivity contribution >= 4 is 5.91 Å². The lowest BCUT2D eigenvalue weighted by atomic mass is 10.1. The first-order chi connectivity index (χ1) is 10.3. The van der Waals surface area contributed by atoms with E-state index in [-0.39, 0.29) is 11.9 Å². The van der Waals surface area contributed by atoms with Crippen LogP contribution >= 0.6 is 0 Å². The predicted octanol–water partition coefficient (Wildman–Crippen LogP) is 1.72. The Labute approximate surface area is 123 Å². The highest BCUT2D eigenvalue weighted by Crippen LogP contribution is 2.25. The molecule has 1 saturated heterocycles. The molecule has 1 amide bonds. The van der Waals surface area contributed by atoms with Crippen molar-refractivity contribution in [3.05, 3.63) is 36.2 Å². The Balaban J connectivity index is 1.92. The van der Waals surface area contributed by atoms with Crippen LogP contribution in [0.15, 0.2) is 30.6 Å². The van der Waals surface area contributed by atoms with Gasteiger partial charge in [0.1, 0.15) is 6.33 Å². The number of carbonyl (C=O) groups excluding carboxylic acids is 1. The average molecular weight is 286 g/mol. The molecule has 21 heavy (non-hydrogen) atoms. The lowest BCUT2D eigenvalue weighted by Gasteiger charge is -2.24. The zero-order valence-electron chi connectivity index (χ0n) is 12.0. The van der Waals surface area contributed by atoms with Crippen molar-refractivity contribution < 1.29 is 9.53 Å². The first-order valence-electron chi connectivity index (χ1n) is 7.06.